The number of hydrogen-bond donors (Lipinski definition) is 2. The molecule has 0 spiro atoms. The minimum Gasteiger partial charge on any atom is -0.352 e. The van der Waals surface area contributed by atoms with Gasteiger partial charge in [-0.15, -0.1) is 0 Å². The molecule has 0 bridgehead atoms. The summed E-state index contributed by atoms with van der Waals surface area (Å²) in [7, 11) is 1.80. The van der Waals surface area contributed by atoms with Crippen LogP contribution in [-0.4, -0.2) is 19.5 Å². The van der Waals surface area contributed by atoms with E-state index in [1.165, 1.54) is 6.07 Å². The van der Waals surface area contributed by atoms with Gasteiger partial charge >= 0.3 is 0 Å². The molecule has 15 heavy (non-hydrogen) atoms. The maximum atomic E-state index is 13.3. The lowest BCUT2D eigenvalue weighted by Crippen LogP contribution is -2.24. The average Bonchev–Trinajstić information content (AvgIpc) is 2.21. The molecule has 0 radical (unpaired) electrons. The van der Waals surface area contributed by atoms with E-state index in [1.807, 2.05) is 0 Å². The molecule has 0 atom stereocenters. The normalized spacial score (nSPS) is 10.1. The third kappa shape index (κ3) is 3.02. The zero-order valence-electron chi connectivity index (χ0n) is 8.93. The first-order valence-electron chi connectivity index (χ1n) is 4.90. The number of benzene rings is 1. The molecule has 0 saturated carbocycles. The summed E-state index contributed by atoms with van der Waals surface area (Å²) in [5.41, 5.74) is 0.991. The van der Waals surface area contributed by atoms with Gasteiger partial charge < -0.3 is 10.6 Å². The van der Waals surface area contributed by atoms with Gasteiger partial charge in [-0.2, -0.15) is 0 Å². The van der Waals surface area contributed by atoms with Crippen LogP contribution >= 0.6 is 0 Å². The first kappa shape index (κ1) is 11.7. The Bertz CT molecular complexity index is 352. The first-order valence-corrected chi connectivity index (χ1v) is 4.90. The van der Waals surface area contributed by atoms with Gasteiger partial charge in [0.2, 0.25) is 0 Å². The zero-order chi connectivity index (χ0) is 11.3. The van der Waals surface area contributed by atoms with Gasteiger partial charge in [-0.3, -0.25) is 4.79 Å². The molecule has 1 amide bonds. The van der Waals surface area contributed by atoms with Crippen molar-refractivity contribution in [2.75, 3.05) is 13.6 Å². The van der Waals surface area contributed by atoms with Gasteiger partial charge in [-0.25, -0.2) is 4.39 Å². The molecule has 3 nitrogen and oxygen atoms in total. The highest BCUT2D eigenvalue weighted by molar-refractivity contribution is 5.94. The molecule has 0 aliphatic rings. The zero-order valence-corrected chi connectivity index (χ0v) is 8.93. The fraction of sp³-hybridized carbons (Fsp3) is 0.364. The summed E-state index contributed by atoms with van der Waals surface area (Å²) >= 11 is 0. The maximum Gasteiger partial charge on any atom is 0.254 e. The summed E-state index contributed by atoms with van der Waals surface area (Å²) in [6.45, 7) is 2.91. The number of hydrogen-bond acceptors (Lipinski definition) is 2. The third-order valence-electron chi connectivity index (χ3n) is 1.99. The molecule has 0 saturated heterocycles. The monoisotopic (exact) mass is 210 g/mol. The highest BCUT2D eigenvalue weighted by Crippen LogP contribution is 2.10. The van der Waals surface area contributed by atoms with Gasteiger partial charge in [0.15, 0.2) is 0 Å². The van der Waals surface area contributed by atoms with E-state index in [0.29, 0.717) is 13.1 Å². The predicted molar refractivity (Wildman–Crippen MR) is 57.2 cm³/mol. The average molecular weight is 210 g/mol. The lowest BCUT2D eigenvalue weighted by molar-refractivity contribution is 0.0951. The standard InChI is InChI=1S/C11H15FN2O/c1-3-14-11(15)9-6-8(7-13-2)4-5-10(9)12/h4-6,13H,3,7H2,1-2H3,(H,14,15). The molecular formula is C11H15FN2O. The van der Waals surface area contributed by atoms with E-state index in [-0.39, 0.29) is 11.5 Å². The topological polar surface area (TPSA) is 41.1 Å². The highest BCUT2D eigenvalue weighted by Gasteiger charge is 2.10. The second kappa shape index (κ2) is 5.46. The highest BCUT2D eigenvalue weighted by atomic mass is 19.1. The molecule has 4 heteroatoms. The van der Waals surface area contributed by atoms with E-state index in [2.05, 4.69) is 10.6 Å². The molecule has 1 rings (SSSR count). The number of nitrogens with one attached hydrogen (secondary N) is 2. The molecule has 0 fully saturated rings. The Kier molecular flexibility index (Phi) is 4.24. The van der Waals surface area contributed by atoms with Crippen molar-refractivity contribution in [3.8, 4) is 0 Å². The van der Waals surface area contributed by atoms with Crippen LogP contribution in [0.3, 0.4) is 0 Å². The summed E-state index contributed by atoms with van der Waals surface area (Å²) in [4.78, 5) is 11.5. The van der Waals surface area contributed by atoms with Crippen LogP contribution in [0, 0.1) is 5.82 Å². The van der Waals surface area contributed by atoms with Crippen molar-refractivity contribution in [2.45, 2.75) is 13.5 Å². The van der Waals surface area contributed by atoms with E-state index in [4.69, 9.17) is 0 Å². The van der Waals surface area contributed by atoms with Gasteiger partial charge in [-0.1, -0.05) is 6.07 Å². The van der Waals surface area contributed by atoms with Crippen LogP contribution in [0.2, 0.25) is 0 Å². The Hall–Kier alpha value is -1.42. The molecule has 0 heterocycles. The van der Waals surface area contributed by atoms with Crippen LogP contribution in [0.15, 0.2) is 18.2 Å². The minimum atomic E-state index is -0.485. The smallest absolute Gasteiger partial charge is 0.254 e. The molecule has 2 N–H and O–H groups in total. The summed E-state index contributed by atoms with van der Waals surface area (Å²) in [5, 5.41) is 5.52. The Labute approximate surface area is 88.7 Å². The molecule has 1 aromatic carbocycles. The first-order chi connectivity index (χ1) is 7.19. The Morgan fingerprint density at radius 1 is 1.47 bits per heavy atom. The van der Waals surface area contributed by atoms with Crippen LogP contribution in [0.1, 0.15) is 22.8 Å². The van der Waals surface area contributed by atoms with Crippen molar-refractivity contribution in [3.63, 3.8) is 0 Å². The number of halogens is 1. The minimum absolute atomic E-state index is 0.101. The number of carbonyl (C=O) groups is 1. The van der Waals surface area contributed by atoms with Crippen LogP contribution in [-0.2, 0) is 6.54 Å². The Balaban J connectivity index is 2.94. The molecule has 0 unspecified atom stereocenters. The number of rotatable bonds is 4. The van der Waals surface area contributed by atoms with Gasteiger partial charge in [0.1, 0.15) is 5.82 Å². The van der Waals surface area contributed by atoms with E-state index in [9.17, 15) is 9.18 Å². The quantitative estimate of drug-likeness (QED) is 0.786. The van der Waals surface area contributed by atoms with E-state index in [1.54, 1.807) is 26.1 Å². The van der Waals surface area contributed by atoms with E-state index >= 15 is 0 Å². The van der Waals surface area contributed by atoms with Gasteiger partial charge in [0.25, 0.3) is 5.91 Å². The summed E-state index contributed by atoms with van der Waals surface area (Å²) < 4.78 is 13.3. The maximum absolute atomic E-state index is 13.3. The molecule has 0 aliphatic carbocycles. The third-order valence-corrected chi connectivity index (χ3v) is 1.99. The van der Waals surface area contributed by atoms with Crippen molar-refractivity contribution in [3.05, 3.63) is 35.1 Å². The fourth-order valence-corrected chi connectivity index (χ4v) is 1.32. The lowest BCUT2D eigenvalue weighted by atomic mass is 10.1. The van der Waals surface area contributed by atoms with Crippen LogP contribution < -0.4 is 10.6 Å². The van der Waals surface area contributed by atoms with Crippen molar-refractivity contribution < 1.29 is 9.18 Å². The second-order valence-electron chi connectivity index (χ2n) is 3.20. The number of carbonyl (C=O) groups excluding carboxylic acids is 1. The van der Waals surface area contributed by atoms with Gasteiger partial charge in [-0.05, 0) is 31.7 Å². The number of amides is 1. The van der Waals surface area contributed by atoms with Gasteiger partial charge in [0, 0.05) is 13.1 Å². The van der Waals surface area contributed by atoms with E-state index < -0.39 is 5.82 Å². The van der Waals surface area contributed by atoms with Crippen LogP contribution in [0.5, 0.6) is 0 Å². The fourth-order valence-electron chi connectivity index (χ4n) is 1.32. The molecular weight excluding hydrogens is 195 g/mol. The second-order valence-corrected chi connectivity index (χ2v) is 3.20. The molecule has 82 valence electrons. The van der Waals surface area contributed by atoms with Crippen molar-refractivity contribution in [1.82, 2.24) is 10.6 Å². The van der Waals surface area contributed by atoms with Crippen LogP contribution in [0.4, 0.5) is 4.39 Å². The summed E-state index contributed by atoms with van der Waals surface area (Å²) in [6.07, 6.45) is 0. The molecule has 0 aliphatic heterocycles. The Morgan fingerprint density at radius 3 is 2.80 bits per heavy atom. The lowest BCUT2D eigenvalue weighted by Gasteiger charge is -2.06. The van der Waals surface area contributed by atoms with Gasteiger partial charge in [0.05, 0.1) is 5.56 Å². The molecule has 0 aromatic heterocycles. The summed E-state index contributed by atoms with van der Waals surface area (Å²) in [5.74, 6) is -0.853. The SMILES string of the molecule is CCNC(=O)c1cc(CNC)ccc1F. The van der Waals surface area contributed by atoms with Crippen molar-refractivity contribution in [2.24, 2.45) is 0 Å². The molecule has 1 aromatic rings. The van der Waals surface area contributed by atoms with E-state index in [0.717, 1.165) is 5.56 Å². The predicted octanol–water partition coefficient (Wildman–Crippen LogP) is 1.29. The Morgan fingerprint density at radius 2 is 2.20 bits per heavy atom. The largest absolute Gasteiger partial charge is 0.352 e. The van der Waals surface area contributed by atoms with Crippen LogP contribution in [0.25, 0.3) is 0 Å². The summed E-state index contributed by atoms with van der Waals surface area (Å²) in [6, 6.07) is 4.54. The van der Waals surface area contributed by atoms with Crippen molar-refractivity contribution in [1.29, 1.82) is 0 Å². The van der Waals surface area contributed by atoms with Crippen molar-refractivity contribution >= 4 is 5.91 Å².